The summed E-state index contributed by atoms with van der Waals surface area (Å²) in [6, 6.07) is 0. The lowest BCUT2D eigenvalue weighted by atomic mass is 10.0. The third kappa shape index (κ3) is 15.3. The van der Waals surface area contributed by atoms with Gasteiger partial charge in [0.25, 0.3) is 0 Å². The second-order valence-electron chi connectivity index (χ2n) is 6.22. The van der Waals surface area contributed by atoms with Crippen molar-refractivity contribution in [2.24, 2.45) is 5.92 Å². The van der Waals surface area contributed by atoms with Crippen molar-refractivity contribution in [3.05, 3.63) is 36.5 Å². The van der Waals surface area contributed by atoms with Gasteiger partial charge >= 0.3 is 0 Å². The molecule has 0 aromatic carbocycles. The lowest BCUT2D eigenvalue weighted by molar-refractivity contribution is -0.122. The molecule has 22 heavy (non-hydrogen) atoms. The summed E-state index contributed by atoms with van der Waals surface area (Å²) in [7, 11) is 0. The second kappa shape index (κ2) is 16.3. The fraction of sp³-hybridized carbons (Fsp3) is 0.667. The summed E-state index contributed by atoms with van der Waals surface area (Å²) in [5, 5.41) is 0. The van der Waals surface area contributed by atoms with Gasteiger partial charge in [0.1, 0.15) is 5.78 Å². The monoisotopic (exact) mass is 304 g/mol. The van der Waals surface area contributed by atoms with Gasteiger partial charge in [-0.05, 0) is 38.5 Å². The minimum atomic E-state index is 0.210. The molecular formula is C21H36O. The van der Waals surface area contributed by atoms with Crippen LogP contribution in [0.15, 0.2) is 36.5 Å². The van der Waals surface area contributed by atoms with Gasteiger partial charge in [-0.2, -0.15) is 0 Å². The number of allylic oxidation sites excluding steroid dienone is 6. The number of unbranched alkanes of at least 4 members (excludes halogenated alkanes) is 5. The molecule has 0 heterocycles. The van der Waals surface area contributed by atoms with Crippen LogP contribution in [-0.4, -0.2) is 5.78 Å². The van der Waals surface area contributed by atoms with E-state index in [9.17, 15) is 4.79 Å². The number of hydrogen-bond donors (Lipinski definition) is 0. The number of rotatable bonds is 14. The number of Topliss-reactive ketones (excluding diaryl/α,β-unsaturated/α-hetero) is 1. The molecule has 0 rings (SSSR count). The normalized spacial score (nSPS) is 12.4. The Hall–Kier alpha value is -1.11. The first-order valence-electron chi connectivity index (χ1n) is 9.16. The van der Waals surface area contributed by atoms with E-state index in [1.807, 2.05) is 13.8 Å². The lowest BCUT2D eigenvalue weighted by Crippen LogP contribution is -2.05. The van der Waals surface area contributed by atoms with Crippen molar-refractivity contribution in [1.29, 1.82) is 0 Å². The molecule has 0 aromatic rings. The molecule has 0 bridgehead atoms. The van der Waals surface area contributed by atoms with Gasteiger partial charge in [-0.3, -0.25) is 4.79 Å². The molecule has 0 aliphatic carbocycles. The Morgan fingerprint density at radius 1 is 0.773 bits per heavy atom. The van der Waals surface area contributed by atoms with E-state index in [1.54, 1.807) is 0 Å². The van der Waals surface area contributed by atoms with Gasteiger partial charge in [-0.15, -0.1) is 0 Å². The zero-order chi connectivity index (χ0) is 16.5. The predicted octanol–water partition coefficient (Wildman–Crippen LogP) is 6.80. The number of carbonyl (C=O) groups excluding carboxylic acids is 1. The zero-order valence-corrected chi connectivity index (χ0v) is 15.0. The van der Waals surface area contributed by atoms with Crippen molar-refractivity contribution in [2.45, 2.75) is 85.0 Å². The highest BCUT2D eigenvalue weighted by Crippen LogP contribution is 2.10. The third-order valence-electron chi connectivity index (χ3n) is 3.72. The smallest absolute Gasteiger partial charge is 0.135 e. The van der Waals surface area contributed by atoms with Crippen LogP contribution >= 0.6 is 0 Å². The Bertz CT molecular complexity index is 334. The van der Waals surface area contributed by atoms with Crippen LogP contribution in [0.3, 0.4) is 0 Å². The molecule has 0 saturated heterocycles. The van der Waals surface area contributed by atoms with Gasteiger partial charge in [0.2, 0.25) is 0 Å². The highest BCUT2D eigenvalue weighted by molar-refractivity contribution is 5.80. The molecule has 0 saturated carbocycles. The van der Waals surface area contributed by atoms with E-state index in [1.165, 1.54) is 32.1 Å². The fourth-order valence-corrected chi connectivity index (χ4v) is 2.21. The van der Waals surface area contributed by atoms with Gasteiger partial charge in [0, 0.05) is 12.3 Å². The molecule has 0 aliphatic rings. The van der Waals surface area contributed by atoms with Gasteiger partial charge in [-0.25, -0.2) is 0 Å². The first-order chi connectivity index (χ1) is 10.7. The highest BCUT2D eigenvalue weighted by Gasteiger charge is 2.05. The predicted molar refractivity (Wildman–Crippen MR) is 99.1 cm³/mol. The summed E-state index contributed by atoms with van der Waals surface area (Å²) < 4.78 is 0. The molecule has 0 fully saturated rings. The molecule has 126 valence electrons. The second-order valence-corrected chi connectivity index (χ2v) is 6.22. The first-order valence-corrected chi connectivity index (χ1v) is 9.16. The molecule has 0 unspecified atom stereocenters. The molecule has 0 aliphatic heterocycles. The maximum Gasteiger partial charge on any atom is 0.135 e. The average Bonchev–Trinajstić information content (AvgIpc) is 2.50. The lowest BCUT2D eigenvalue weighted by Gasteiger charge is -2.03. The van der Waals surface area contributed by atoms with Gasteiger partial charge in [0.15, 0.2) is 0 Å². The molecule has 1 heteroatoms. The fourth-order valence-electron chi connectivity index (χ4n) is 2.21. The van der Waals surface area contributed by atoms with Crippen molar-refractivity contribution in [3.8, 4) is 0 Å². The minimum Gasteiger partial charge on any atom is -0.299 e. The van der Waals surface area contributed by atoms with Crippen LogP contribution in [0.25, 0.3) is 0 Å². The van der Waals surface area contributed by atoms with Crippen LogP contribution in [0.1, 0.15) is 85.0 Å². The largest absolute Gasteiger partial charge is 0.299 e. The first kappa shape index (κ1) is 20.9. The Labute approximate surface area is 138 Å². The van der Waals surface area contributed by atoms with Crippen LogP contribution in [0, 0.1) is 5.92 Å². The van der Waals surface area contributed by atoms with Crippen LogP contribution in [0.4, 0.5) is 0 Å². The SMILES string of the molecule is CC/C=C\C/C=C\C/C=C\CCCCCCCC(=O)C(C)C. The topological polar surface area (TPSA) is 17.1 Å². The molecule has 0 spiro atoms. The highest BCUT2D eigenvalue weighted by atomic mass is 16.1. The Morgan fingerprint density at radius 3 is 1.95 bits per heavy atom. The van der Waals surface area contributed by atoms with Gasteiger partial charge in [-0.1, -0.05) is 76.5 Å². The molecule has 0 aromatic heterocycles. The van der Waals surface area contributed by atoms with E-state index in [0.29, 0.717) is 5.78 Å². The van der Waals surface area contributed by atoms with Crippen molar-refractivity contribution in [3.63, 3.8) is 0 Å². The van der Waals surface area contributed by atoms with Crippen molar-refractivity contribution in [2.75, 3.05) is 0 Å². The number of ketones is 1. The van der Waals surface area contributed by atoms with E-state index in [0.717, 1.165) is 32.1 Å². The van der Waals surface area contributed by atoms with E-state index in [4.69, 9.17) is 0 Å². The van der Waals surface area contributed by atoms with Crippen molar-refractivity contribution in [1.82, 2.24) is 0 Å². The van der Waals surface area contributed by atoms with Crippen molar-refractivity contribution >= 4 is 5.78 Å². The summed E-state index contributed by atoms with van der Waals surface area (Å²) in [5.74, 6) is 0.628. The summed E-state index contributed by atoms with van der Waals surface area (Å²) in [6.45, 7) is 6.14. The Balaban J connectivity index is 3.30. The summed E-state index contributed by atoms with van der Waals surface area (Å²) >= 11 is 0. The summed E-state index contributed by atoms with van der Waals surface area (Å²) in [6.07, 6.45) is 24.8. The Morgan fingerprint density at radius 2 is 1.32 bits per heavy atom. The maximum atomic E-state index is 11.5. The molecular weight excluding hydrogens is 268 g/mol. The van der Waals surface area contributed by atoms with E-state index in [2.05, 4.69) is 43.4 Å². The van der Waals surface area contributed by atoms with Crippen LogP contribution < -0.4 is 0 Å². The molecule has 0 N–H and O–H groups in total. The van der Waals surface area contributed by atoms with E-state index < -0.39 is 0 Å². The Kier molecular flexibility index (Phi) is 15.4. The van der Waals surface area contributed by atoms with E-state index >= 15 is 0 Å². The van der Waals surface area contributed by atoms with Gasteiger partial charge < -0.3 is 0 Å². The average molecular weight is 305 g/mol. The minimum absolute atomic E-state index is 0.210. The van der Waals surface area contributed by atoms with Crippen molar-refractivity contribution < 1.29 is 4.79 Å². The molecule has 1 nitrogen and oxygen atoms in total. The molecule has 0 atom stereocenters. The maximum absolute atomic E-state index is 11.5. The summed E-state index contributed by atoms with van der Waals surface area (Å²) in [4.78, 5) is 11.5. The molecule has 0 amide bonds. The quantitative estimate of drug-likeness (QED) is 0.255. The zero-order valence-electron chi connectivity index (χ0n) is 15.0. The summed E-state index contributed by atoms with van der Waals surface area (Å²) in [5.41, 5.74) is 0. The van der Waals surface area contributed by atoms with Gasteiger partial charge in [0.05, 0.1) is 0 Å². The number of hydrogen-bond acceptors (Lipinski definition) is 1. The van der Waals surface area contributed by atoms with Crippen LogP contribution in [-0.2, 0) is 4.79 Å². The number of carbonyl (C=O) groups is 1. The van der Waals surface area contributed by atoms with Crippen LogP contribution in [0.5, 0.6) is 0 Å². The standard InChI is InChI=1S/C21H36O/c1-4-5-6-7-8-9-10-11-12-13-14-15-16-17-18-19-21(22)20(2)3/h5-6,8-9,11-12,20H,4,7,10,13-19H2,1-3H3/b6-5-,9-8-,12-11-. The van der Waals surface area contributed by atoms with Crippen LogP contribution in [0.2, 0.25) is 0 Å². The van der Waals surface area contributed by atoms with E-state index in [-0.39, 0.29) is 5.92 Å². The third-order valence-corrected chi connectivity index (χ3v) is 3.72. The molecule has 0 radical (unpaired) electrons.